The number of aromatic nitrogens is 2. The van der Waals surface area contributed by atoms with Gasteiger partial charge in [-0.05, 0) is 24.3 Å². The van der Waals surface area contributed by atoms with E-state index in [2.05, 4.69) is 20.7 Å². The Bertz CT molecular complexity index is 914. The minimum absolute atomic E-state index is 0.175. The number of hydrogen-bond acceptors (Lipinski definition) is 4. The van der Waals surface area contributed by atoms with Gasteiger partial charge in [0.05, 0.1) is 30.3 Å². The summed E-state index contributed by atoms with van der Waals surface area (Å²) < 4.78 is 1.74. The number of carbonyl (C=O) groups excluding carboxylic acids is 1. The second-order valence-corrected chi connectivity index (χ2v) is 5.38. The van der Waals surface area contributed by atoms with Crippen molar-refractivity contribution in [3.8, 4) is 5.69 Å². The molecule has 0 atom stereocenters. The summed E-state index contributed by atoms with van der Waals surface area (Å²) in [6, 6.07) is 16.8. The van der Waals surface area contributed by atoms with Crippen molar-refractivity contribution in [2.45, 2.75) is 6.54 Å². The lowest BCUT2D eigenvalue weighted by Gasteiger charge is -2.14. The van der Waals surface area contributed by atoms with E-state index in [-0.39, 0.29) is 5.91 Å². The molecule has 0 aliphatic carbocycles. The molecule has 3 aromatic rings. The number of hydrogen-bond donors (Lipinski definition) is 2. The third-order valence-corrected chi connectivity index (χ3v) is 3.81. The van der Waals surface area contributed by atoms with Gasteiger partial charge < -0.3 is 10.6 Å². The molecule has 1 amide bonds. The summed E-state index contributed by atoms with van der Waals surface area (Å²) in [6.07, 6.45) is 3.41. The number of fused-ring (bicyclic) bond motifs is 1. The Morgan fingerprint density at radius 2 is 1.88 bits per heavy atom. The highest BCUT2D eigenvalue weighted by Gasteiger charge is 2.18. The van der Waals surface area contributed by atoms with Gasteiger partial charge in [-0.25, -0.2) is 4.68 Å². The minimum Gasteiger partial charge on any atom is -0.331 e. The van der Waals surface area contributed by atoms with Gasteiger partial charge in [-0.15, -0.1) is 0 Å². The van der Waals surface area contributed by atoms with E-state index in [1.54, 1.807) is 23.3 Å². The molecular formula is C18H15N5O. The fourth-order valence-corrected chi connectivity index (χ4v) is 2.66. The first kappa shape index (κ1) is 14.2. The summed E-state index contributed by atoms with van der Waals surface area (Å²) in [5, 5.41) is 10.4. The molecule has 1 aromatic heterocycles. The zero-order chi connectivity index (χ0) is 16.4. The molecule has 6 heteroatoms. The zero-order valence-corrected chi connectivity index (χ0v) is 12.8. The van der Waals surface area contributed by atoms with E-state index in [9.17, 15) is 4.79 Å². The molecule has 2 aromatic carbocycles. The topological polar surface area (TPSA) is 71.3 Å². The number of carbonyl (C=O) groups is 1. The lowest BCUT2D eigenvalue weighted by atomic mass is 10.1. The van der Waals surface area contributed by atoms with Gasteiger partial charge in [-0.1, -0.05) is 30.3 Å². The van der Waals surface area contributed by atoms with Crippen molar-refractivity contribution in [2.24, 2.45) is 4.99 Å². The van der Waals surface area contributed by atoms with Crippen LogP contribution >= 0.6 is 0 Å². The predicted molar refractivity (Wildman–Crippen MR) is 93.8 cm³/mol. The number of amides is 1. The predicted octanol–water partition coefficient (Wildman–Crippen LogP) is 3.08. The average molecular weight is 317 g/mol. The fourth-order valence-electron chi connectivity index (χ4n) is 2.66. The molecule has 6 nitrogen and oxygen atoms in total. The third-order valence-electron chi connectivity index (χ3n) is 3.81. The summed E-state index contributed by atoms with van der Waals surface area (Å²) >= 11 is 0. The van der Waals surface area contributed by atoms with Crippen molar-refractivity contribution < 1.29 is 4.79 Å². The monoisotopic (exact) mass is 317 g/mol. The van der Waals surface area contributed by atoms with Gasteiger partial charge in [0.2, 0.25) is 0 Å². The number of nitrogens with zero attached hydrogens (tertiary/aromatic N) is 3. The Labute approximate surface area is 138 Å². The summed E-state index contributed by atoms with van der Waals surface area (Å²) in [4.78, 5) is 16.9. The van der Waals surface area contributed by atoms with E-state index < -0.39 is 0 Å². The van der Waals surface area contributed by atoms with E-state index in [1.165, 1.54) is 0 Å². The Morgan fingerprint density at radius 1 is 1.08 bits per heavy atom. The first-order chi connectivity index (χ1) is 11.8. The lowest BCUT2D eigenvalue weighted by molar-refractivity contribution is 0.102. The Morgan fingerprint density at radius 3 is 2.75 bits per heavy atom. The maximum Gasteiger partial charge on any atom is 0.257 e. The highest BCUT2D eigenvalue weighted by atomic mass is 16.1. The number of benzene rings is 2. The number of aliphatic imine (C=N–C) groups is 1. The highest BCUT2D eigenvalue weighted by molar-refractivity contribution is 6.06. The van der Waals surface area contributed by atoms with Gasteiger partial charge in [0.15, 0.2) is 0 Å². The van der Waals surface area contributed by atoms with E-state index >= 15 is 0 Å². The molecular weight excluding hydrogens is 302 g/mol. The van der Waals surface area contributed by atoms with Crippen molar-refractivity contribution in [2.75, 3.05) is 10.6 Å². The highest BCUT2D eigenvalue weighted by Crippen LogP contribution is 2.25. The first-order valence-electron chi connectivity index (χ1n) is 7.60. The maximum absolute atomic E-state index is 12.7. The van der Waals surface area contributed by atoms with Crippen LogP contribution in [0.25, 0.3) is 5.69 Å². The van der Waals surface area contributed by atoms with E-state index in [1.807, 2.05) is 48.5 Å². The zero-order valence-electron chi connectivity index (χ0n) is 12.8. The fraction of sp³-hybridized carbons (Fsp3) is 0.0556. The van der Waals surface area contributed by atoms with Gasteiger partial charge in [-0.2, -0.15) is 5.10 Å². The second kappa shape index (κ2) is 6.00. The molecule has 24 heavy (non-hydrogen) atoms. The van der Waals surface area contributed by atoms with Crippen LogP contribution in [-0.2, 0) is 6.54 Å². The van der Waals surface area contributed by atoms with E-state index in [0.717, 1.165) is 22.8 Å². The molecule has 2 heterocycles. The van der Waals surface area contributed by atoms with Crippen molar-refractivity contribution in [1.29, 1.82) is 0 Å². The van der Waals surface area contributed by atoms with Crippen LogP contribution in [-0.4, -0.2) is 22.0 Å². The van der Waals surface area contributed by atoms with Crippen LogP contribution in [0.5, 0.6) is 0 Å². The Hall–Kier alpha value is -3.41. The second-order valence-electron chi connectivity index (χ2n) is 5.38. The van der Waals surface area contributed by atoms with Gasteiger partial charge in [0, 0.05) is 11.3 Å². The largest absolute Gasteiger partial charge is 0.331 e. The Balaban J connectivity index is 1.71. The van der Waals surface area contributed by atoms with Crippen LogP contribution in [0.4, 0.5) is 11.5 Å². The number of nitrogens with one attached hydrogen (secondary N) is 2. The standard InChI is InChI=1S/C18H15N5O/c24-18(22-14-6-2-1-3-7-14)15-8-4-5-9-16(15)23-17-13(11-21-23)10-19-12-20-17/h1-9,11-12H,10H2,(H,19,20)(H,22,24). The molecule has 1 aliphatic rings. The molecule has 0 spiro atoms. The lowest BCUT2D eigenvalue weighted by Crippen LogP contribution is -2.17. The van der Waals surface area contributed by atoms with Crippen LogP contribution < -0.4 is 10.6 Å². The summed E-state index contributed by atoms with van der Waals surface area (Å²) in [7, 11) is 0. The molecule has 4 rings (SSSR count). The third kappa shape index (κ3) is 2.54. The molecule has 0 radical (unpaired) electrons. The SMILES string of the molecule is O=C(Nc1ccccc1)c1ccccc1-n1ncc2c1NC=NC2. The van der Waals surface area contributed by atoms with Crippen molar-refractivity contribution in [3.05, 3.63) is 71.9 Å². The van der Waals surface area contributed by atoms with Crippen molar-refractivity contribution >= 4 is 23.8 Å². The van der Waals surface area contributed by atoms with E-state index in [0.29, 0.717) is 12.1 Å². The molecule has 0 unspecified atom stereocenters. The summed E-state index contributed by atoms with van der Waals surface area (Å²) in [6.45, 7) is 0.584. The number of para-hydroxylation sites is 2. The number of rotatable bonds is 3. The summed E-state index contributed by atoms with van der Waals surface area (Å²) in [5.74, 6) is 0.662. The van der Waals surface area contributed by atoms with Crippen LogP contribution in [0.15, 0.2) is 65.8 Å². The molecule has 0 fully saturated rings. The van der Waals surface area contributed by atoms with Crippen LogP contribution in [0, 0.1) is 0 Å². The molecule has 0 saturated carbocycles. The molecule has 0 saturated heterocycles. The van der Waals surface area contributed by atoms with Gasteiger partial charge >= 0.3 is 0 Å². The van der Waals surface area contributed by atoms with Crippen LogP contribution in [0.3, 0.4) is 0 Å². The van der Waals surface area contributed by atoms with E-state index in [4.69, 9.17) is 0 Å². The smallest absolute Gasteiger partial charge is 0.257 e. The van der Waals surface area contributed by atoms with Crippen molar-refractivity contribution in [3.63, 3.8) is 0 Å². The Kier molecular flexibility index (Phi) is 3.55. The minimum atomic E-state index is -0.175. The molecule has 2 N–H and O–H groups in total. The molecule has 118 valence electrons. The molecule has 0 bridgehead atoms. The van der Waals surface area contributed by atoms with Gasteiger partial charge in [0.25, 0.3) is 5.91 Å². The first-order valence-corrected chi connectivity index (χ1v) is 7.60. The van der Waals surface area contributed by atoms with Crippen LogP contribution in [0.2, 0.25) is 0 Å². The summed E-state index contributed by atoms with van der Waals surface area (Å²) in [5.41, 5.74) is 3.02. The average Bonchev–Trinajstić information content (AvgIpc) is 3.06. The molecule has 1 aliphatic heterocycles. The van der Waals surface area contributed by atoms with Crippen LogP contribution in [0.1, 0.15) is 15.9 Å². The van der Waals surface area contributed by atoms with Crippen molar-refractivity contribution in [1.82, 2.24) is 9.78 Å². The number of anilines is 2. The van der Waals surface area contributed by atoms with Gasteiger partial charge in [0.1, 0.15) is 5.82 Å². The quantitative estimate of drug-likeness (QED) is 0.780. The normalized spacial score (nSPS) is 12.3. The van der Waals surface area contributed by atoms with Gasteiger partial charge in [-0.3, -0.25) is 9.79 Å². The maximum atomic E-state index is 12.7.